The lowest BCUT2D eigenvalue weighted by atomic mass is 9.68. The van der Waals surface area contributed by atoms with E-state index in [-0.39, 0.29) is 47.3 Å². The molecule has 1 amide bonds. The van der Waals surface area contributed by atoms with Crippen molar-refractivity contribution in [1.29, 1.82) is 0 Å². The Morgan fingerprint density at radius 2 is 1.79 bits per heavy atom. The van der Waals surface area contributed by atoms with Gasteiger partial charge in [-0.1, -0.05) is 11.6 Å². The highest BCUT2D eigenvalue weighted by atomic mass is 16.6. The topological polar surface area (TPSA) is 84.1 Å². The summed E-state index contributed by atoms with van der Waals surface area (Å²) in [4.78, 5) is 28.7. The van der Waals surface area contributed by atoms with Gasteiger partial charge in [0.2, 0.25) is 0 Å². The number of amides is 1. The molecule has 4 saturated heterocycles. The van der Waals surface area contributed by atoms with Crippen molar-refractivity contribution in [1.82, 2.24) is 9.80 Å². The van der Waals surface area contributed by atoms with Gasteiger partial charge in [-0.3, -0.25) is 9.69 Å². The zero-order valence-corrected chi connectivity index (χ0v) is 21.2. The number of fused-ring (bicyclic) bond motifs is 1. The first-order chi connectivity index (χ1) is 16.1. The molecule has 0 radical (unpaired) electrons. The Hall–Kier alpha value is -1.48. The average Bonchev–Trinajstić information content (AvgIpc) is 3.57. The molecule has 34 heavy (non-hydrogen) atoms. The molecule has 5 fully saturated rings. The van der Waals surface area contributed by atoms with Crippen LogP contribution in [0.3, 0.4) is 0 Å². The van der Waals surface area contributed by atoms with E-state index in [9.17, 15) is 9.59 Å². The number of carbonyl (C=O) groups excluding carboxylic acids is 2. The Labute approximate surface area is 202 Å². The molecule has 0 bridgehead atoms. The Morgan fingerprint density at radius 1 is 1.12 bits per heavy atom. The van der Waals surface area contributed by atoms with Gasteiger partial charge in [-0.15, -0.1) is 0 Å². The zero-order valence-electron chi connectivity index (χ0n) is 21.2. The van der Waals surface area contributed by atoms with E-state index < -0.39 is 0 Å². The van der Waals surface area contributed by atoms with E-state index in [4.69, 9.17) is 18.9 Å². The molecule has 190 valence electrons. The van der Waals surface area contributed by atoms with E-state index >= 15 is 0 Å². The summed E-state index contributed by atoms with van der Waals surface area (Å²) in [7, 11) is 1.71. The molecule has 5 rings (SSSR count). The number of carbonyl (C=O) groups is 2. The molecule has 1 spiro atoms. The molecule has 8 heteroatoms. The van der Waals surface area contributed by atoms with Crippen molar-refractivity contribution in [2.45, 2.75) is 76.5 Å². The third-order valence-electron chi connectivity index (χ3n) is 8.76. The van der Waals surface area contributed by atoms with Crippen molar-refractivity contribution in [3.05, 3.63) is 11.6 Å². The number of allylic oxidation sites excluding steroid dienone is 1. The first kappa shape index (κ1) is 24.2. The average molecular weight is 477 g/mol. The van der Waals surface area contributed by atoms with Crippen LogP contribution in [-0.2, 0) is 23.7 Å². The Kier molecular flexibility index (Phi) is 6.32. The number of nitrogens with zero attached hydrogens (tertiary/aromatic N) is 2. The molecule has 0 aromatic rings. The summed E-state index contributed by atoms with van der Waals surface area (Å²) in [5.41, 5.74) is 0.732. The fraction of sp³-hybridized carbons (Fsp3) is 0.846. The lowest BCUT2D eigenvalue weighted by Gasteiger charge is -2.43. The van der Waals surface area contributed by atoms with Gasteiger partial charge in [-0.05, 0) is 58.8 Å². The summed E-state index contributed by atoms with van der Waals surface area (Å²) in [5.74, 6) is 1.07. The van der Waals surface area contributed by atoms with E-state index in [1.54, 1.807) is 14.0 Å². The summed E-state index contributed by atoms with van der Waals surface area (Å²) < 4.78 is 24.4. The van der Waals surface area contributed by atoms with Crippen LogP contribution in [0.1, 0.15) is 47.0 Å². The van der Waals surface area contributed by atoms with Crippen LogP contribution in [0.15, 0.2) is 11.6 Å². The Balaban J connectivity index is 1.22. The lowest BCUT2D eigenvalue weighted by molar-refractivity contribution is -0.121. The molecule has 0 N–H and O–H groups in total. The van der Waals surface area contributed by atoms with Crippen molar-refractivity contribution in [2.24, 2.45) is 17.8 Å². The van der Waals surface area contributed by atoms with Crippen molar-refractivity contribution < 1.29 is 28.5 Å². The molecule has 8 nitrogen and oxygen atoms in total. The highest BCUT2D eigenvalue weighted by Gasteiger charge is 2.72. The van der Waals surface area contributed by atoms with Crippen LogP contribution in [0, 0.1) is 17.8 Å². The van der Waals surface area contributed by atoms with Crippen molar-refractivity contribution in [3.8, 4) is 0 Å². The molecule has 5 aliphatic rings. The lowest BCUT2D eigenvalue weighted by Crippen LogP contribution is -2.56. The highest BCUT2D eigenvalue weighted by molar-refractivity contribution is 5.77. The van der Waals surface area contributed by atoms with Crippen molar-refractivity contribution >= 4 is 11.9 Å². The van der Waals surface area contributed by atoms with Gasteiger partial charge in [0.25, 0.3) is 0 Å². The first-order valence-corrected chi connectivity index (χ1v) is 12.8. The minimum atomic E-state index is -0.334. The zero-order chi connectivity index (χ0) is 24.3. The quantitative estimate of drug-likeness (QED) is 0.413. The number of ether oxygens (including phenoxy) is 4. The molecular weight excluding hydrogens is 436 g/mol. The van der Waals surface area contributed by atoms with E-state index in [2.05, 4.69) is 31.7 Å². The molecule has 0 unspecified atom stereocenters. The molecule has 0 aromatic carbocycles. The number of methoxy groups -OCH3 is 1. The number of ketones is 1. The van der Waals surface area contributed by atoms with Crippen LogP contribution in [0.2, 0.25) is 0 Å². The molecule has 1 saturated carbocycles. The highest BCUT2D eigenvalue weighted by Crippen LogP contribution is 2.59. The number of epoxide rings is 2. The number of hydrogen-bond acceptors (Lipinski definition) is 7. The second kappa shape index (κ2) is 8.87. The van der Waals surface area contributed by atoms with Crippen LogP contribution in [-0.4, -0.2) is 97.6 Å². The van der Waals surface area contributed by atoms with Crippen molar-refractivity contribution in [2.75, 3.05) is 46.4 Å². The van der Waals surface area contributed by atoms with Gasteiger partial charge in [-0.25, -0.2) is 4.79 Å². The second-order valence-electron chi connectivity index (χ2n) is 11.6. The maximum Gasteiger partial charge on any atom is 0.410 e. The third-order valence-corrected chi connectivity index (χ3v) is 8.76. The van der Waals surface area contributed by atoms with E-state index in [1.165, 1.54) is 5.57 Å². The number of Topliss-reactive ketones (excluding diaryl/α,β-unsaturated/α-hetero) is 1. The fourth-order valence-corrected chi connectivity index (χ4v) is 6.96. The molecule has 0 aromatic heterocycles. The molecule has 4 heterocycles. The predicted octanol–water partition coefficient (Wildman–Crippen LogP) is 2.65. The van der Waals surface area contributed by atoms with Crippen LogP contribution < -0.4 is 0 Å². The fourth-order valence-electron chi connectivity index (χ4n) is 6.96. The van der Waals surface area contributed by atoms with Crippen LogP contribution in [0.25, 0.3) is 0 Å². The maximum atomic E-state index is 13.2. The summed E-state index contributed by atoms with van der Waals surface area (Å²) >= 11 is 0. The van der Waals surface area contributed by atoms with Crippen molar-refractivity contribution in [3.63, 3.8) is 0 Å². The van der Waals surface area contributed by atoms with Gasteiger partial charge in [0.05, 0.1) is 25.2 Å². The van der Waals surface area contributed by atoms with Gasteiger partial charge in [0, 0.05) is 33.3 Å². The second-order valence-corrected chi connectivity index (χ2v) is 11.6. The maximum absolute atomic E-state index is 13.2. The van der Waals surface area contributed by atoms with Gasteiger partial charge in [-0.2, -0.15) is 0 Å². The summed E-state index contributed by atoms with van der Waals surface area (Å²) in [5, 5.41) is 0. The van der Waals surface area contributed by atoms with E-state index in [0.29, 0.717) is 31.5 Å². The Bertz CT molecular complexity index is 838. The smallest absolute Gasteiger partial charge is 0.410 e. The number of rotatable bonds is 7. The van der Waals surface area contributed by atoms with Gasteiger partial charge in [0.15, 0.2) is 0 Å². The molecular formula is C26H40N2O6. The van der Waals surface area contributed by atoms with E-state index in [0.717, 1.165) is 39.0 Å². The first-order valence-electron chi connectivity index (χ1n) is 12.8. The van der Waals surface area contributed by atoms with E-state index in [1.807, 2.05) is 4.90 Å². The molecule has 4 aliphatic heterocycles. The number of likely N-dealkylation sites (tertiary alicyclic amines) is 2. The minimum absolute atomic E-state index is 0.0326. The monoisotopic (exact) mass is 476 g/mol. The summed E-state index contributed by atoms with van der Waals surface area (Å²) in [6, 6.07) is 0. The summed E-state index contributed by atoms with van der Waals surface area (Å²) in [6.45, 7) is 12.4. The third kappa shape index (κ3) is 4.43. The minimum Gasteiger partial charge on any atom is -0.443 e. The SMILES string of the molecule is CO[C@@H]1[C@H](OC(=O)N2C[C@H]3CN(CC(C)=O)C[C@H]3C2)CC[C@]2(CO2)[C@H]1[C@@]1(C)O[C@@H]1CC=C(C)C. The van der Waals surface area contributed by atoms with Crippen LogP contribution in [0.5, 0.6) is 0 Å². The number of hydrogen-bond donors (Lipinski definition) is 0. The van der Waals surface area contributed by atoms with Crippen LogP contribution >= 0.6 is 0 Å². The van der Waals surface area contributed by atoms with Gasteiger partial charge < -0.3 is 23.8 Å². The molecule has 8 atom stereocenters. The predicted molar refractivity (Wildman–Crippen MR) is 125 cm³/mol. The standard InChI is InChI=1S/C26H40N2O6/c1-16(2)6-7-21-25(4,34-21)23-22(31-5)20(8-9-26(23)15-32-26)33-24(30)28-13-18-11-27(10-17(3)29)12-19(18)14-28/h6,18-23H,7-15H2,1-5H3/t18-,19+,20-,21-,22-,23-,25+,26+/m1/s1. The Morgan fingerprint density at radius 3 is 2.35 bits per heavy atom. The van der Waals surface area contributed by atoms with Gasteiger partial charge in [0.1, 0.15) is 29.2 Å². The summed E-state index contributed by atoms with van der Waals surface area (Å²) in [6.07, 6.45) is 4.03. The van der Waals surface area contributed by atoms with Gasteiger partial charge >= 0.3 is 6.09 Å². The molecule has 1 aliphatic carbocycles. The normalized spacial score (nSPS) is 43.0. The largest absolute Gasteiger partial charge is 0.443 e. The van der Waals surface area contributed by atoms with Crippen LogP contribution in [0.4, 0.5) is 4.79 Å².